The van der Waals surface area contributed by atoms with Crippen molar-refractivity contribution in [1.29, 1.82) is 0 Å². The molecule has 0 atom stereocenters. The number of fused-ring (bicyclic) bond motifs is 1. The summed E-state index contributed by atoms with van der Waals surface area (Å²) in [6, 6.07) is 11.9. The maximum atomic E-state index is 12.9. The van der Waals surface area contributed by atoms with Gasteiger partial charge in [-0.25, -0.2) is 4.68 Å². The summed E-state index contributed by atoms with van der Waals surface area (Å²) in [7, 11) is 0. The summed E-state index contributed by atoms with van der Waals surface area (Å²) < 4.78 is 3.30. The molecular weight excluding hydrogens is 326 g/mol. The Morgan fingerprint density at radius 3 is 2.85 bits per heavy atom. The molecule has 26 heavy (non-hydrogen) atoms. The number of pyridine rings is 1. The maximum absolute atomic E-state index is 12.9. The van der Waals surface area contributed by atoms with E-state index in [-0.39, 0.29) is 12.5 Å². The zero-order valence-corrected chi connectivity index (χ0v) is 15.0. The molecule has 1 aliphatic rings. The van der Waals surface area contributed by atoms with Crippen molar-refractivity contribution in [2.45, 2.75) is 51.6 Å². The summed E-state index contributed by atoms with van der Waals surface area (Å²) in [6.07, 6.45) is 7.76. The van der Waals surface area contributed by atoms with Crippen molar-refractivity contribution in [1.82, 2.24) is 19.6 Å². The monoisotopic (exact) mass is 349 g/mol. The van der Waals surface area contributed by atoms with Crippen LogP contribution < -0.4 is 5.49 Å². The summed E-state index contributed by atoms with van der Waals surface area (Å²) in [5.41, 5.74) is 3.50. The van der Waals surface area contributed by atoms with Crippen LogP contribution in [0.5, 0.6) is 0 Å². The van der Waals surface area contributed by atoms with Crippen LogP contribution in [0.2, 0.25) is 0 Å². The molecule has 0 radical (unpaired) electrons. The van der Waals surface area contributed by atoms with Crippen LogP contribution in [0.25, 0.3) is 11.0 Å². The molecule has 1 fully saturated rings. The van der Waals surface area contributed by atoms with Gasteiger partial charge in [-0.1, -0.05) is 36.6 Å². The summed E-state index contributed by atoms with van der Waals surface area (Å²) in [6.45, 7) is 2.17. The number of hydrogen-bond acceptors (Lipinski definition) is 4. The van der Waals surface area contributed by atoms with E-state index in [4.69, 9.17) is 4.99 Å². The van der Waals surface area contributed by atoms with Gasteiger partial charge in [-0.05, 0) is 49.6 Å². The van der Waals surface area contributed by atoms with Crippen molar-refractivity contribution in [3.63, 3.8) is 0 Å². The number of nitrogens with zero attached hydrogens (tertiary/aromatic N) is 5. The smallest absolute Gasteiger partial charge is 0.254 e. The summed E-state index contributed by atoms with van der Waals surface area (Å²) in [5.74, 6) is -0.0600. The minimum atomic E-state index is -0.0600. The van der Waals surface area contributed by atoms with Crippen LogP contribution in [0, 0.1) is 6.92 Å². The van der Waals surface area contributed by atoms with E-state index in [1.54, 1.807) is 9.25 Å². The Kier molecular flexibility index (Phi) is 4.65. The lowest BCUT2D eigenvalue weighted by Gasteiger charge is -2.18. The molecule has 3 aromatic rings. The number of aryl methyl sites for hydroxylation is 1. The van der Waals surface area contributed by atoms with E-state index >= 15 is 0 Å². The van der Waals surface area contributed by atoms with E-state index in [0.29, 0.717) is 6.04 Å². The Labute approximate surface area is 152 Å². The number of carbonyl (C=O) groups is 1. The standard InChI is InChI=1S/C20H23N5O/c1-15-11-12-24(19(13-15)21-16-7-3-2-4-8-16)20(26)14-25-18-10-6-5-9-17(18)22-23-25/h5-6,9-13,16H,2-4,7-8,14H2,1H3. The van der Waals surface area contributed by atoms with E-state index in [1.807, 2.05) is 49.5 Å². The molecule has 1 aliphatic carbocycles. The Balaban J connectivity index is 1.66. The van der Waals surface area contributed by atoms with Gasteiger partial charge in [0.05, 0.1) is 11.6 Å². The first kappa shape index (κ1) is 16.7. The highest BCUT2D eigenvalue weighted by Crippen LogP contribution is 2.19. The fraction of sp³-hybridized carbons (Fsp3) is 0.400. The van der Waals surface area contributed by atoms with Crippen molar-refractivity contribution >= 4 is 16.9 Å². The number of rotatable bonds is 3. The fourth-order valence-corrected chi connectivity index (χ4v) is 3.54. The first-order valence-corrected chi connectivity index (χ1v) is 9.25. The molecule has 6 nitrogen and oxygen atoms in total. The lowest BCUT2D eigenvalue weighted by Crippen LogP contribution is -2.31. The second kappa shape index (κ2) is 7.23. The fourth-order valence-electron chi connectivity index (χ4n) is 3.54. The van der Waals surface area contributed by atoms with Gasteiger partial charge < -0.3 is 0 Å². The Hall–Kier alpha value is -2.76. The summed E-state index contributed by atoms with van der Waals surface area (Å²) >= 11 is 0. The van der Waals surface area contributed by atoms with E-state index in [2.05, 4.69) is 10.3 Å². The highest BCUT2D eigenvalue weighted by atomic mass is 16.2. The highest BCUT2D eigenvalue weighted by molar-refractivity contribution is 5.81. The van der Waals surface area contributed by atoms with Gasteiger partial charge in [0.1, 0.15) is 17.5 Å². The van der Waals surface area contributed by atoms with Crippen molar-refractivity contribution < 1.29 is 4.79 Å². The molecule has 6 heteroatoms. The zero-order valence-electron chi connectivity index (χ0n) is 15.0. The number of para-hydroxylation sites is 1. The third kappa shape index (κ3) is 3.45. The SMILES string of the molecule is Cc1ccn(C(=O)Cn2nnc3ccccc32)c(=NC2CCCCC2)c1. The van der Waals surface area contributed by atoms with Crippen molar-refractivity contribution in [3.8, 4) is 0 Å². The van der Waals surface area contributed by atoms with Crippen LogP contribution in [0.15, 0.2) is 47.6 Å². The van der Waals surface area contributed by atoms with Gasteiger partial charge in [0.15, 0.2) is 0 Å². The summed E-state index contributed by atoms with van der Waals surface area (Å²) in [5, 5.41) is 8.25. The molecule has 2 aromatic heterocycles. The van der Waals surface area contributed by atoms with Gasteiger partial charge in [-0.3, -0.25) is 14.4 Å². The number of benzene rings is 1. The average Bonchev–Trinajstić information content (AvgIpc) is 3.06. The van der Waals surface area contributed by atoms with Gasteiger partial charge in [0, 0.05) is 6.20 Å². The van der Waals surface area contributed by atoms with Crippen LogP contribution in [0.4, 0.5) is 0 Å². The van der Waals surface area contributed by atoms with E-state index < -0.39 is 0 Å². The molecule has 4 rings (SSSR count). The number of aromatic nitrogens is 4. The lowest BCUT2D eigenvalue weighted by atomic mass is 9.96. The molecule has 0 aliphatic heterocycles. The van der Waals surface area contributed by atoms with Crippen molar-refractivity contribution in [2.24, 2.45) is 4.99 Å². The van der Waals surface area contributed by atoms with Crippen LogP contribution in [-0.4, -0.2) is 31.5 Å². The normalized spacial score (nSPS) is 16.3. The average molecular weight is 349 g/mol. The van der Waals surface area contributed by atoms with E-state index in [1.165, 1.54) is 19.3 Å². The van der Waals surface area contributed by atoms with Crippen LogP contribution in [0.1, 0.15) is 42.5 Å². The Morgan fingerprint density at radius 1 is 1.19 bits per heavy atom. The number of carbonyl (C=O) groups excluding carboxylic acids is 1. The van der Waals surface area contributed by atoms with E-state index in [9.17, 15) is 4.79 Å². The third-order valence-electron chi connectivity index (χ3n) is 4.95. The molecular formula is C20H23N5O. The lowest BCUT2D eigenvalue weighted by molar-refractivity contribution is 0.0881. The highest BCUT2D eigenvalue weighted by Gasteiger charge is 2.14. The van der Waals surface area contributed by atoms with Gasteiger partial charge in [0.25, 0.3) is 5.91 Å². The van der Waals surface area contributed by atoms with Gasteiger partial charge in [-0.2, -0.15) is 0 Å². The number of hydrogen-bond donors (Lipinski definition) is 0. The molecule has 1 aromatic carbocycles. The van der Waals surface area contributed by atoms with Crippen LogP contribution in [0.3, 0.4) is 0 Å². The minimum absolute atomic E-state index is 0.0600. The Morgan fingerprint density at radius 2 is 2.00 bits per heavy atom. The van der Waals surface area contributed by atoms with Crippen LogP contribution >= 0.6 is 0 Å². The third-order valence-corrected chi connectivity index (χ3v) is 4.95. The van der Waals surface area contributed by atoms with Crippen LogP contribution in [-0.2, 0) is 6.54 Å². The molecule has 0 unspecified atom stereocenters. The predicted octanol–water partition coefficient (Wildman–Crippen LogP) is 3.12. The quantitative estimate of drug-likeness (QED) is 0.730. The zero-order chi connectivity index (χ0) is 17.9. The van der Waals surface area contributed by atoms with E-state index in [0.717, 1.165) is 34.9 Å². The predicted molar refractivity (Wildman–Crippen MR) is 99.8 cm³/mol. The molecule has 0 saturated heterocycles. The molecule has 1 saturated carbocycles. The van der Waals surface area contributed by atoms with Gasteiger partial charge in [-0.15, -0.1) is 5.10 Å². The first-order chi connectivity index (χ1) is 12.7. The van der Waals surface area contributed by atoms with Gasteiger partial charge >= 0.3 is 0 Å². The molecule has 0 N–H and O–H groups in total. The largest absolute Gasteiger partial charge is 0.272 e. The topological polar surface area (TPSA) is 65.1 Å². The molecule has 0 spiro atoms. The minimum Gasteiger partial charge on any atom is -0.272 e. The second-order valence-electron chi connectivity index (χ2n) is 6.98. The van der Waals surface area contributed by atoms with Gasteiger partial charge in [0.2, 0.25) is 0 Å². The van der Waals surface area contributed by atoms with Crippen molar-refractivity contribution in [3.05, 3.63) is 53.6 Å². The Bertz CT molecular complexity index is 995. The molecule has 0 bridgehead atoms. The maximum Gasteiger partial charge on any atom is 0.254 e. The second-order valence-corrected chi connectivity index (χ2v) is 6.98. The molecule has 0 amide bonds. The molecule has 2 heterocycles. The molecule has 134 valence electrons. The first-order valence-electron chi connectivity index (χ1n) is 9.25. The van der Waals surface area contributed by atoms with Crippen molar-refractivity contribution in [2.75, 3.05) is 0 Å². The summed E-state index contributed by atoms with van der Waals surface area (Å²) in [4.78, 5) is 17.8.